The van der Waals surface area contributed by atoms with E-state index in [1.807, 2.05) is 4.90 Å². The zero-order chi connectivity index (χ0) is 14.0. The van der Waals surface area contributed by atoms with Gasteiger partial charge in [0.2, 0.25) is 0 Å². The Morgan fingerprint density at radius 1 is 1.74 bits per heavy atom. The lowest BCUT2D eigenvalue weighted by Crippen LogP contribution is -2.43. The Bertz CT molecular complexity index is 462. The maximum atomic E-state index is 11.1. The van der Waals surface area contributed by atoms with Crippen LogP contribution < -0.4 is 4.90 Å². The van der Waals surface area contributed by atoms with E-state index in [-0.39, 0.29) is 18.4 Å². The zero-order valence-electron chi connectivity index (χ0n) is 10.5. The molecule has 1 saturated heterocycles. The van der Waals surface area contributed by atoms with E-state index in [9.17, 15) is 15.2 Å². The van der Waals surface area contributed by atoms with Gasteiger partial charge in [0.15, 0.2) is 5.00 Å². The van der Waals surface area contributed by atoms with Crippen LogP contribution >= 0.6 is 11.3 Å². The number of aliphatic hydroxyl groups is 2. The van der Waals surface area contributed by atoms with Crippen molar-refractivity contribution in [3.8, 4) is 0 Å². The summed E-state index contributed by atoms with van der Waals surface area (Å²) in [6.45, 7) is 2.84. The number of nitrogens with zero attached hydrogens (tertiary/aromatic N) is 2. The van der Waals surface area contributed by atoms with Gasteiger partial charge in [-0.05, 0) is 6.92 Å². The molecule has 0 amide bonds. The van der Waals surface area contributed by atoms with Crippen LogP contribution in [0.1, 0.15) is 17.9 Å². The third-order valence-corrected chi connectivity index (χ3v) is 4.31. The summed E-state index contributed by atoms with van der Waals surface area (Å²) in [7, 11) is 0. The van der Waals surface area contributed by atoms with Crippen molar-refractivity contribution in [2.24, 2.45) is 0 Å². The van der Waals surface area contributed by atoms with Gasteiger partial charge in [-0.2, -0.15) is 0 Å². The molecule has 8 heteroatoms. The van der Waals surface area contributed by atoms with Crippen molar-refractivity contribution < 1.29 is 19.9 Å². The minimum Gasteiger partial charge on any atom is -0.394 e. The number of ether oxygens (including phenoxy) is 1. The Morgan fingerprint density at radius 2 is 2.47 bits per heavy atom. The van der Waals surface area contributed by atoms with Gasteiger partial charge in [0, 0.05) is 24.0 Å². The Kier molecular flexibility index (Phi) is 4.35. The second-order valence-corrected chi connectivity index (χ2v) is 5.46. The van der Waals surface area contributed by atoms with Crippen LogP contribution in [0.2, 0.25) is 0 Å². The van der Waals surface area contributed by atoms with Crippen molar-refractivity contribution in [3.05, 3.63) is 21.1 Å². The van der Waals surface area contributed by atoms with Gasteiger partial charge in [-0.15, -0.1) is 11.3 Å². The highest BCUT2D eigenvalue weighted by Gasteiger charge is 2.29. The average molecular weight is 288 g/mol. The number of nitro groups is 1. The fourth-order valence-electron chi connectivity index (χ4n) is 1.97. The van der Waals surface area contributed by atoms with Gasteiger partial charge >= 0.3 is 5.69 Å². The fraction of sp³-hybridized carbons (Fsp3) is 0.636. The first kappa shape index (κ1) is 14.2. The number of anilines is 1. The van der Waals surface area contributed by atoms with E-state index in [2.05, 4.69) is 0 Å². The molecule has 0 bridgehead atoms. The van der Waals surface area contributed by atoms with Crippen LogP contribution in [0.3, 0.4) is 0 Å². The molecule has 2 unspecified atom stereocenters. The first-order valence-corrected chi connectivity index (χ1v) is 6.78. The van der Waals surface area contributed by atoms with Gasteiger partial charge in [-0.1, -0.05) is 0 Å². The number of thiophene rings is 1. The second kappa shape index (κ2) is 5.83. The van der Waals surface area contributed by atoms with Crippen molar-refractivity contribution in [1.82, 2.24) is 0 Å². The molecular formula is C11H16N2O5S. The molecule has 1 aliphatic rings. The summed E-state index contributed by atoms with van der Waals surface area (Å²) in [5.74, 6) is 0. The van der Waals surface area contributed by atoms with E-state index in [0.717, 1.165) is 0 Å². The predicted molar refractivity (Wildman–Crippen MR) is 70.6 cm³/mol. The molecule has 1 fully saturated rings. The molecule has 2 atom stereocenters. The molecular weight excluding hydrogens is 272 g/mol. The van der Waals surface area contributed by atoms with E-state index in [1.54, 1.807) is 6.92 Å². The van der Waals surface area contributed by atoms with Gasteiger partial charge in [-0.3, -0.25) is 10.1 Å². The number of hydrogen-bond donors (Lipinski definition) is 2. The van der Waals surface area contributed by atoms with Gasteiger partial charge in [0.25, 0.3) is 0 Å². The van der Waals surface area contributed by atoms with Gasteiger partial charge in [-0.25, -0.2) is 0 Å². The lowest BCUT2D eigenvalue weighted by Gasteiger charge is -2.32. The molecule has 1 aliphatic heterocycles. The summed E-state index contributed by atoms with van der Waals surface area (Å²) in [4.78, 5) is 13.0. The Balaban J connectivity index is 2.29. The van der Waals surface area contributed by atoms with E-state index in [0.29, 0.717) is 29.6 Å². The maximum absolute atomic E-state index is 11.1. The summed E-state index contributed by atoms with van der Waals surface area (Å²) in [6, 6.07) is 1.41. The monoisotopic (exact) mass is 288 g/mol. The minimum atomic E-state index is -0.730. The van der Waals surface area contributed by atoms with Crippen molar-refractivity contribution >= 4 is 22.0 Å². The van der Waals surface area contributed by atoms with Crippen molar-refractivity contribution in [1.29, 1.82) is 0 Å². The molecule has 1 aromatic rings. The first-order valence-electron chi connectivity index (χ1n) is 5.96. The highest BCUT2D eigenvalue weighted by Crippen LogP contribution is 2.40. The van der Waals surface area contributed by atoms with E-state index >= 15 is 0 Å². The number of hydrogen-bond acceptors (Lipinski definition) is 7. The quantitative estimate of drug-likeness (QED) is 0.631. The van der Waals surface area contributed by atoms with Crippen LogP contribution in [0.25, 0.3) is 0 Å². The molecule has 1 aromatic heterocycles. The maximum Gasteiger partial charge on any atom is 0.304 e. The second-order valence-electron chi connectivity index (χ2n) is 4.39. The third kappa shape index (κ3) is 3.03. The topological polar surface area (TPSA) is 96.1 Å². The molecule has 7 nitrogen and oxygen atoms in total. The first-order chi connectivity index (χ1) is 9.02. The molecule has 0 aromatic carbocycles. The summed E-state index contributed by atoms with van der Waals surface area (Å²) in [5, 5.41) is 30.2. The minimum absolute atomic E-state index is 0.000472. The van der Waals surface area contributed by atoms with E-state index in [1.165, 1.54) is 17.4 Å². The molecule has 2 heterocycles. The van der Waals surface area contributed by atoms with Crippen LogP contribution in [-0.4, -0.2) is 47.5 Å². The lowest BCUT2D eigenvalue weighted by atomic mass is 10.2. The van der Waals surface area contributed by atoms with Crippen molar-refractivity contribution in [3.63, 3.8) is 0 Å². The highest BCUT2D eigenvalue weighted by molar-refractivity contribution is 7.16. The summed E-state index contributed by atoms with van der Waals surface area (Å²) < 4.78 is 5.33. The van der Waals surface area contributed by atoms with E-state index in [4.69, 9.17) is 9.84 Å². The van der Waals surface area contributed by atoms with Crippen LogP contribution in [-0.2, 0) is 4.74 Å². The SMILES string of the molecule is CC(O)c1cc([N+](=O)[O-])c(N2CCOC(CO)C2)s1. The molecule has 0 aliphatic carbocycles. The standard InChI is InChI=1S/C11H16N2O5S/c1-7(15)10-4-9(13(16)17)11(19-10)12-2-3-18-8(5-12)6-14/h4,7-8,14-15H,2-3,5-6H2,1H3. The largest absolute Gasteiger partial charge is 0.394 e. The Morgan fingerprint density at radius 3 is 3.05 bits per heavy atom. The van der Waals surface area contributed by atoms with Crippen molar-refractivity contribution in [2.75, 3.05) is 31.2 Å². The fourth-order valence-corrected chi connectivity index (χ4v) is 3.06. The van der Waals surface area contributed by atoms with Gasteiger partial charge < -0.3 is 19.8 Å². The lowest BCUT2D eigenvalue weighted by molar-refractivity contribution is -0.383. The third-order valence-electron chi connectivity index (χ3n) is 2.95. The van der Waals surface area contributed by atoms with Crippen LogP contribution in [0.15, 0.2) is 6.07 Å². The number of morpholine rings is 1. The van der Waals surface area contributed by atoms with E-state index < -0.39 is 11.0 Å². The summed E-state index contributed by atoms with van der Waals surface area (Å²) in [5.41, 5.74) is -0.000472. The van der Waals surface area contributed by atoms with Crippen molar-refractivity contribution in [2.45, 2.75) is 19.1 Å². The average Bonchev–Trinajstić information content (AvgIpc) is 2.84. The zero-order valence-corrected chi connectivity index (χ0v) is 11.3. The van der Waals surface area contributed by atoms with Gasteiger partial charge in [0.05, 0.1) is 30.3 Å². The predicted octanol–water partition coefficient (Wildman–Crippen LogP) is 0.907. The molecule has 19 heavy (non-hydrogen) atoms. The number of aliphatic hydroxyl groups excluding tert-OH is 2. The smallest absolute Gasteiger partial charge is 0.304 e. The molecule has 2 N–H and O–H groups in total. The van der Waals surface area contributed by atoms with Gasteiger partial charge in [0.1, 0.15) is 0 Å². The molecule has 0 radical (unpaired) electrons. The Hall–Kier alpha value is -1.22. The Labute approximate surface area is 114 Å². The normalized spacial score (nSPS) is 21.4. The molecule has 106 valence electrons. The highest BCUT2D eigenvalue weighted by atomic mass is 32.1. The van der Waals surface area contributed by atoms with Crippen LogP contribution in [0.5, 0.6) is 0 Å². The van der Waals surface area contributed by atoms with Crippen LogP contribution in [0, 0.1) is 10.1 Å². The van der Waals surface area contributed by atoms with Crippen LogP contribution in [0.4, 0.5) is 10.7 Å². The molecule has 2 rings (SSSR count). The summed E-state index contributed by atoms with van der Waals surface area (Å²) in [6.07, 6.45) is -1.06. The summed E-state index contributed by atoms with van der Waals surface area (Å²) >= 11 is 1.21. The number of rotatable bonds is 4. The molecule has 0 spiro atoms. The molecule has 0 saturated carbocycles.